The van der Waals surface area contributed by atoms with Crippen molar-refractivity contribution >= 4 is 22.8 Å². The van der Waals surface area contributed by atoms with Crippen LogP contribution in [0.25, 0.3) is 28.4 Å². The Balaban J connectivity index is 1.70. The molecule has 8 heteroatoms. The molecule has 0 atom stereocenters. The monoisotopic (exact) mass is 446 g/mol. The van der Waals surface area contributed by atoms with Crippen molar-refractivity contribution in [1.29, 1.82) is 0 Å². The minimum atomic E-state index is -0.730. The molecule has 0 fully saturated rings. The Morgan fingerprint density at radius 3 is 2.18 bits per heavy atom. The second-order valence-corrected chi connectivity index (χ2v) is 7.15. The highest BCUT2D eigenvalue weighted by Crippen LogP contribution is 2.36. The van der Waals surface area contributed by atoms with Crippen LogP contribution in [0, 0.1) is 0 Å². The zero-order valence-electron chi connectivity index (χ0n) is 17.1. The number of phenolic OH excluding ortho intramolecular Hbond substituents is 4. The highest BCUT2D eigenvalue weighted by Gasteiger charge is 2.21. The Kier molecular flexibility index (Phi) is 5.73. The lowest BCUT2D eigenvalue weighted by molar-refractivity contribution is -0.116. The number of hydrogen-bond donors (Lipinski definition) is 4. The van der Waals surface area contributed by atoms with Crippen LogP contribution in [-0.4, -0.2) is 32.8 Å². The molecule has 0 aliphatic carbocycles. The molecule has 0 saturated heterocycles. The molecular weight excluding hydrogens is 428 g/mol. The quantitative estimate of drug-likeness (QED) is 0.327. The summed E-state index contributed by atoms with van der Waals surface area (Å²) in [7, 11) is 0. The van der Waals surface area contributed by atoms with Crippen molar-refractivity contribution in [2.75, 3.05) is 6.61 Å². The molecule has 0 aliphatic rings. The number of ketones is 1. The maximum Gasteiger partial charge on any atom is 0.239 e. The Morgan fingerprint density at radius 2 is 1.52 bits per heavy atom. The molecular formula is C25H18O8. The number of carbonyl (C=O) groups is 1. The summed E-state index contributed by atoms with van der Waals surface area (Å²) in [5.41, 5.74) is 0.246. The van der Waals surface area contributed by atoms with Gasteiger partial charge in [-0.2, -0.15) is 0 Å². The van der Waals surface area contributed by atoms with Gasteiger partial charge in [-0.1, -0.05) is 18.2 Å². The molecule has 33 heavy (non-hydrogen) atoms. The van der Waals surface area contributed by atoms with Gasteiger partial charge < -0.3 is 29.6 Å². The predicted octanol–water partition coefficient (Wildman–Crippen LogP) is 3.94. The van der Waals surface area contributed by atoms with Gasteiger partial charge in [0.05, 0.1) is 0 Å². The first-order valence-corrected chi connectivity index (χ1v) is 9.77. The summed E-state index contributed by atoms with van der Waals surface area (Å²) in [6, 6.07) is 14.1. The molecule has 0 amide bonds. The fraction of sp³-hybridized carbons (Fsp3) is 0.0400. The highest BCUT2D eigenvalue weighted by atomic mass is 16.5. The van der Waals surface area contributed by atoms with E-state index in [2.05, 4.69) is 0 Å². The molecule has 166 valence electrons. The third-order valence-electron chi connectivity index (χ3n) is 4.76. The van der Waals surface area contributed by atoms with Crippen molar-refractivity contribution in [3.8, 4) is 40.1 Å². The first-order chi connectivity index (χ1) is 15.8. The third-order valence-corrected chi connectivity index (χ3v) is 4.76. The maximum absolute atomic E-state index is 13.1. The predicted molar refractivity (Wildman–Crippen MR) is 121 cm³/mol. The number of benzene rings is 3. The summed E-state index contributed by atoms with van der Waals surface area (Å²) in [4.78, 5) is 25.4. The van der Waals surface area contributed by atoms with Crippen molar-refractivity contribution in [3.63, 3.8) is 0 Å². The molecule has 4 rings (SSSR count). The van der Waals surface area contributed by atoms with E-state index in [1.807, 2.05) is 0 Å². The van der Waals surface area contributed by atoms with Gasteiger partial charge in [0.15, 0.2) is 18.2 Å². The average Bonchev–Trinajstić information content (AvgIpc) is 2.78. The normalized spacial score (nSPS) is 11.2. The average molecular weight is 446 g/mol. The number of ether oxygens (including phenoxy) is 1. The molecule has 3 aromatic carbocycles. The zero-order chi connectivity index (χ0) is 23.5. The topological polar surface area (TPSA) is 137 Å². The van der Waals surface area contributed by atoms with Crippen LogP contribution >= 0.6 is 0 Å². The Bertz CT molecular complexity index is 1410. The van der Waals surface area contributed by atoms with Crippen LogP contribution in [0.1, 0.15) is 5.56 Å². The number of fused-ring (bicyclic) bond motifs is 1. The van der Waals surface area contributed by atoms with Crippen LogP contribution in [0.5, 0.6) is 28.7 Å². The summed E-state index contributed by atoms with van der Waals surface area (Å²) >= 11 is 0. The minimum Gasteiger partial charge on any atom is -0.508 e. The number of phenols is 4. The number of hydrogen-bond acceptors (Lipinski definition) is 8. The van der Waals surface area contributed by atoms with Crippen molar-refractivity contribution in [3.05, 3.63) is 82.5 Å². The van der Waals surface area contributed by atoms with E-state index in [4.69, 9.17) is 9.15 Å². The van der Waals surface area contributed by atoms with Gasteiger partial charge in [-0.15, -0.1) is 0 Å². The number of rotatable bonds is 6. The van der Waals surface area contributed by atoms with Crippen LogP contribution in [-0.2, 0) is 4.79 Å². The van der Waals surface area contributed by atoms with E-state index in [9.17, 15) is 30.0 Å². The fourth-order valence-electron chi connectivity index (χ4n) is 3.17. The lowest BCUT2D eigenvalue weighted by atomic mass is 10.1. The van der Waals surface area contributed by atoms with E-state index in [1.54, 1.807) is 12.1 Å². The van der Waals surface area contributed by atoms with Crippen molar-refractivity contribution < 1.29 is 34.4 Å². The van der Waals surface area contributed by atoms with E-state index in [-0.39, 0.29) is 39.7 Å². The second-order valence-electron chi connectivity index (χ2n) is 7.15. The van der Waals surface area contributed by atoms with Crippen LogP contribution in [0.2, 0.25) is 0 Å². The van der Waals surface area contributed by atoms with E-state index in [0.29, 0.717) is 11.1 Å². The molecule has 0 radical (unpaired) electrons. The zero-order valence-corrected chi connectivity index (χ0v) is 17.1. The minimum absolute atomic E-state index is 0.00538. The summed E-state index contributed by atoms with van der Waals surface area (Å²) in [5, 5.41) is 38.6. The molecule has 0 unspecified atom stereocenters. The van der Waals surface area contributed by atoms with E-state index >= 15 is 0 Å². The number of aromatic hydroxyl groups is 4. The van der Waals surface area contributed by atoms with E-state index < -0.39 is 23.6 Å². The molecule has 0 bridgehead atoms. The molecule has 8 nitrogen and oxygen atoms in total. The van der Waals surface area contributed by atoms with Crippen molar-refractivity contribution in [2.45, 2.75) is 0 Å². The number of carbonyl (C=O) groups excluding carboxylic acids is 1. The van der Waals surface area contributed by atoms with E-state index in [1.165, 1.54) is 54.6 Å². The summed E-state index contributed by atoms with van der Waals surface area (Å²) in [6.45, 7) is -0.491. The van der Waals surface area contributed by atoms with Gasteiger partial charge in [-0.05, 0) is 48.0 Å². The van der Waals surface area contributed by atoms with Crippen LogP contribution in [0.15, 0.2) is 76.0 Å². The Hall–Kier alpha value is -4.72. The first kappa shape index (κ1) is 21.5. The summed E-state index contributed by atoms with van der Waals surface area (Å²) < 4.78 is 11.3. The maximum atomic E-state index is 13.1. The van der Waals surface area contributed by atoms with Gasteiger partial charge in [0.1, 0.15) is 34.0 Å². The molecule has 0 aliphatic heterocycles. The Morgan fingerprint density at radius 1 is 0.879 bits per heavy atom. The molecule has 1 aromatic heterocycles. The van der Waals surface area contributed by atoms with E-state index in [0.717, 1.165) is 6.07 Å². The van der Waals surface area contributed by atoms with Crippen LogP contribution < -0.4 is 10.2 Å². The smallest absolute Gasteiger partial charge is 0.239 e. The van der Waals surface area contributed by atoms with Gasteiger partial charge >= 0.3 is 0 Å². The third kappa shape index (κ3) is 4.64. The van der Waals surface area contributed by atoms with Crippen LogP contribution in [0.3, 0.4) is 0 Å². The molecule has 4 N–H and O–H groups in total. The lowest BCUT2D eigenvalue weighted by Gasteiger charge is -2.12. The molecule has 4 aromatic rings. The summed E-state index contributed by atoms with van der Waals surface area (Å²) in [5.74, 6) is -1.50. The standard InChI is InChI=1S/C25H18O8/c26-16-6-1-14(2-7-16)3-8-18(28)13-32-25-23(31)22-20(30)11-19(29)12-21(22)33-24(25)15-4-9-17(27)10-5-15/h1-12,26-27,29-30H,13H2/b8-3+. The Labute approximate surface area is 186 Å². The van der Waals surface area contributed by atoms with Gasteiger partial charge in [-0.25, -0.2) is 0 Å². The second kappa shape index (κ2) is 8.80. The highest BCUT2D eigenvalue weighted by molar-refractivity contribution is 5.95. The van der Waals surface area contributed by atoms with Gasteiger partial charge in [0.25, 0.3) is 0 Å². The lowest BCUT2D eigenvalue weighted by Crippen LogP contribution is -2.15. The van der Waals surface area contributed by atoms with Gasteiger partial charge in [0, 0.05) is 17.7 Å². The first-order valence-electron chi connectivity index (χ1n) is 9.77. The molecule has 1 heterocycles. The molecule has 0 spiro atoms. The largest absolute Gasteiger partial charge is 0.508 e. The van der Waals surface area contributed by atoms with Crippen molar-refractivity contribution in [1.82, 2.24) is 0 Å². The van der Waals surface area contributed by atoms with Crippen molar-refractivity contribution in [2.24, 2.45) is 0 Å². The van der Waals surface area contributed by atoms with Gasteiger partial charge in [-0.3, -0.25) is 9.59 Å². The van der Waals surface area contributed by atoms with Gasteiger partial charge in [0.2, 0.25) is 11.2 Å². The molecule has 0 saturated carbocycles. The fourth-order valence-corrected chi connectivity index (χ4v) is 3.17. The SMILES string of the molecule is O=C(/C=C/c1ccc(O)cc1)COc1c(-c2ccc(O)cc2)oc2cc(O)cc(O)c2c1=O. The summed E-state index contributed by atoms with van der Waals surface area (Å²) in [6.07, 6.45) is 2.80. The van der Waals surface area contributed by atoms with Crippen LogP contribution in [0.4, 0.5) is 0 Å².